The molecule has 1 aromatic heterocycles. The summed E-state index contributed by atoms with van der Waals surface area (Å²) in [6.07, 6.45) is 0.304. The Bertz CT molecular complexity index is 1670. The Labute approximate surface area is 161 Å². The quantitative estimate of drug-likeness (QED) is 0.401. The van der Waals surface area contributed by atoms with Gasteiger partial charge in [-0.05, 0) is 23.8 Å². The molecule has 1 saturated heterocycles. The summed E-state index contributed by atoms with van der Waals surface area (Å²) in [5.41, 5.74) is 1.00. The number of fused-ring (bicyclic) bond motifs is 9. The first-order valence-corrected chi connectivity index (χ1v) is 8.06. The minimum Gasteiger partial charge on any atom is -0.365 e. The maximum atomic E-state index is 8.77. The van der Waals surface area contributed by atoms with Crippen LogP contribution in [0.15, 0.2) is 66.5 Å². The minimum atomic E-state index is -0.546. The fourth-order valence-electron chi connectivity index (χ4n) is 3.92. The van der Waals surface area contributed by atoms with Crippen molar-refractivity contribution in [2.75, 3.05) is 0 Å². The van der Waals surface area contributed by atoms with E-state index in [9.17, 15) is 0 Å². The number of nitrogens with zero attached hydrogens (tertiary/aromatic N) is 1. The molecule has 4 aromatic rings. The van der Waals surface area contributed by atoms with E-state index in [4.69, 9.17) is 19.8 Å². The third-order valence-electron chi connectivity index (χ3n) is 4.91. The zero-order chi connectivity index (χ0) is 26.0. The van der Waals surface area contributed by atoms with Crippen LogP contribution in [-0.4, -0.2) is 4.98 Å². The van der Waals surface area contributed by atoms with Crippen molar-refractivity contribution in [1.82, 2.24) is 4.98 Å². The summed E-state index contributed by atoms with van der Waals surface area (Å²) >= 11 is 0. The normalized spacial score (nSPS) is 27.3. The van der Waals surface area contributed by atoms with E-state index < -0.39 is 66.6 Å². The summed E-state index contributed by atoms with van der Waals surface area (Å²) in [5, 5.41) is 0.0362. The molecule has 2 heteroatoms. The Morgan fingerprint density at radius 1 is 0.800 bits per heavy atom. The zero-order valence-corrected chi connectivity index (χ0v) is 12.9. The van der Waals surface area contributed by atoms with Gasteiger partial charge in [-0.1, -0.05) is 66.5 Å². The predicted molar refractivity (Wildman–Crippen MR) is 100 cm³/mol. The molecule has 0 radical (unpaired) electrons. The summed E-state index contributed by atoms with van der Waals surface area (Å²) < 4.78 is 97.9. The molecule has 6 rings (SSSR count). The van der Waals surface area contributed by atoms with Crippen molar-refractivity contribution in [3.63, 3.8) is 0 Å². The van der Waals surface area contributed by atoms with Crippen LogP contribution in [0.3, 0.4) is 0 Å². The van der Waals surface area contributed by atoms with Gasteiger partial charge in [-0.15, -0.1) is 0 Å². The van der Waals surface area contributed by atoms with Gasteiger partial charge in [0.15, 0.2) is 0 Å². The molecule has 2 nitrogen and oxygen atoms in total. The van der Waals surface area contributed by atoms with Crippen LogP contribution in [0.5, 0.6) is 0 Å². The van der Waals surface area contributed by atoms with Gasteiger partial charge in [-0.3, -0.25) is 0 Å². The van der Waals surface area contributed by atoms with Crippen LogP contribution in [0.4, 0.5) is 0 Å². The van der Waals surface area contributed by atoms with Gasteiger partial charge in [0.05, 0.1) is 38.5 Å². The molecule has 120 valence electrons. The highest BCUT2D eigenvalue weighted by atomic mass is 16.5. The van der Waals surface area contributed by atoms with Crippen molar-refractivity contribution in [2.24, 2.45) is 0 Å². The molecular formula is C23H17NO. The van der Waals surface area contributed by atoms with Crippen LogP contribution >= 0.6 is 0 Å². The molecule has 2 atom stereocenters. The minimum absolute atomic E-state index is 0.0229. The van der Waals surface area contributed by atoms with Crippen LogP contribution < -0.4 is 0 Å². The number of pyridine rings is 1. The van der Waals surface area contributed by atoms with Crippen LogP contribution in [0.25, 0.3) is 32.9 Å². The van der Waals surface area contributed by atoms with Crippen molar-refractivity contribution in [2.45, 2.75) is 25.0 Å². The van der Waals surface area contributed by atoms with Crippen molar-refractivity contribution >= 4 is 21.7 Å². The number of benzene rings is 3. The van der Waals surface area contributed by atoms with Crippen LogP contribution in [0, 0.1) is 0 Å². The summed E-state index contributed by atoms with van der Waals surface area (Å²) in [4.78, 5) is 4.67. The molecule has 3 heterocycles. The van der Waals surface area contributed by atoms with E-state index in [1.807, 2.05) is 0 Å². The van der Waals surface area contributed by atoms with Crippen molar-refractivity contribution in [1.29, 1.82) is 0 Å². The van der Waals surface area contributed by atoms with Gasteiger partial charge in [0.1, 0.15) is 0 Å². The maximum Gasteiger partial charge on any atom is 0.0859 e. The topological polar surface area (TPSA) is 22.1 Å². The molecule has 0 aliphatic carbocycles. The lowest BCUT2D eigenvalue weighted by Gasteiger charge is -2.19. The fraction of sp³-hybridized carbons (Fsp3) is 0.174. The molecule has 2 bridgehead atoms. The number of hydrogen-bond donors (Lipinski definition) is 0. The van der Waals surface area contributed by atoms with E-state index in [0.29, 0.717) is 24.0 Å². The molecule has 1 fully saturated rings. The van der Waals surface area contributed by atoms with Gasteiger partial charge >= 0.3 is 0 Å². The second kappa shape index (κ2) is 4.90. The van der Waals surface area contributed by atoms with Gasteiger partial charge in [-0.25, -0.2) is 4.98 Å². The van der Waals surface area contributed by atoms with E-state index in [1.54, 1.807) is 0 Å². The number of ether oxygens (including phenoxy) is 1. The average molecular weight is 334 g/mol. The second-order valence-corrected chi connectivity index (χ2v) is 6.20. The number of hydrogen-bond acceptors (Lipinski definition) is 2. The first-order chi connectivity index (χ1) is 17.0. The van der Waals surface area contributed by atoms with E-state index in [1.165, 1.54) is 0 Å². The smallest absolute Gasteiger partial charge is 0.0859 e. The highest BCUT2D eigenvalue weighted by Gasteiger charge is 2.41. The fourth-order valence-corrected chi connectivity index (χ4v) is 3.92. The highest BCUT2D eigenvalue weighted by molar-refractivity contribution is 6.07. The van der Waals surface area contributed by atoms with Gasteiger partial charge in [0.2, 0.25) is 0 Å². The monoisotopic (exact) mass is 334 g/mol. The first-order valence-electron chi connectivity index (χ1n) is 13.6. The Balaban J connectivity index is 1.91. The van der Waals surface area contributed by atoms with Crippen molar-refractivity contribution < 1.29 is 19.8 Å². The molecule has 0 N–H and O–H groups in total. The van der Waals surface area contributed by atoms with Gasteiger partial charge < -0.3 is 4.74 Å². The SMILES string of the molecule is [2H]c1c([2H])c([2H])c(-c2nc3c(c([2H])c([2H])c4c([2H])c([2H])c([2H])c([2H])c43)c3c2C2CCC3O2)c([2H])c1[2H]. The summed E-state index contributed by atoms with van der Waals surface area (Å²) in [7, 11) is 0. The third-order valence-corrected chi connectivity index (χ3v) is 4.91. The number of rotatable bonds is 1. The molecule has 0 saturated carbocycles. The van der Waals surface area contributed by atoms with Crippen LogP contribution in [0.1, 0.15) is 51.3 Å². The molecule has 0 amide bonds. The van der Waals surface area contributed by atoms with Crippen LogP contribution in [0.2, 0.25) is 0 Å². The molecule has 25 heavy (non-hydrogen) atoms. The number of aromatic nitrogens is 1. The lowest BCUT2D eigenvalue weighted by Crippen LogP contribution is -2.04. The predicted octanol–water partition coefficient (Wildman–Crippen LogP) is 5.96. The highest BCUT2D eigenvalue weighted by Crippen LogP contribution is 2.55. The molecule has 3 aromatic carbocycles. The summed E-state index contributed by atoms with van der Waals surface area (Å²) in [6, 6.07) is -5.05. The van der Waals surface area contributed by atoms with E-state index in [-0.39, 0.29) is 45.0 Å². The standard InChI is InChI=1S/C23H17NO/c1-2-7-15(8-3-1)22-21-19-13-12-18(25-19)20(21)17-11-10-14-6-4-5-9-16(14)23(17)24-22/h1-11,18-19H,12-13H2/i1D,2D,3D,4D,5D,6D,7D,8D,9D,10D,11D. The molecular weight excluding hydrogens is 306 g/mol. The van der Waals surface area contributed by atoms with Crippen LogP contribution in [-0.2, 0) is 4.74 Å². The van der Waals surface area contributed by atoms with Gasteiger partial charge in [-0.2, -0.15) is 0 Å². The molecule has 2 aliphatic rings. The Kier molecular flexibility index (Phi) is 1.35. The lowest BCUT2D eigenvalue weighted by atomic mass is 9.85. The third kappa shape index (κ3) is 1.80. The first kappa shape index (κ1) is 6.89. The largest absolute Gasteiger partial charge is 0.365 e. The zero-order valence-electron chi connectivity index (χ0n) is 23.9. The van der Waals surface area contributed by atoms with Gasteiger partial charge in [0.25, 0.3) is 0 Å². The maximum absolute atomic E-state index is 8.77. The second-order valence-electron chi connectivity index (χ2n) is 6.20. The molecule has 2 aliphatic heterocycles. The summed E-state index contributed by atoms with van der Waals surface area (Å²) in [6.45, 7) is 0. The Morgan fingerprint density at radius 3 is 2.44 bits per heavy atom. The Morgan fingerprint density at radius 2 is 1.56 bits per heavy atom. The summed E-state index contributed by atoms with van der Waals surface area (Å²) in [5.74, 6) is 0. The molecule has 2 unspecified atom stereocenters. The molecule has 0 spiro atoms. The van der Waals surface area contributed by atoms with Crippen molar-refractivity contribution in [3.05, 3.63) is 77.6 Å². The Hall–Kier alpha value is -2.71. The average Bonchev–Trinajstić information content (AvgIpc) is 3.48. The van der Waals surface area contributed by atoms with E-state index >= 15 is 0 Å². The van der Waals surface area contributed by atoms with E-state index in [2.05, 4.69) is 4.98 Å². The lowest BCUT2D eigenvalue weighted by molar-refractivity contribution is 0.0722. The van der Waals surface area contributed by atoms with E-state index in [0.717, 1.165) is 0 Å². The van der Waals surface area contributed by atoms with Gasteiger partial charge in [0, 0.05) is 21.9 Å². The van der Waals surface area contributed by atoms with Crippen molar-refractivity contribution in [3.8, 4) is 11.3 Å².